The highest BCUT2D eigenvalue weighted by molar-refractivity contribution is 5.79. The fraction of sp³-hybridized carbons (Fsp3) is 0.278. The Morgan fingerprint density at radius 2 is 1.85 bits per heavy atom. The molecule has 0 aliphatic heterocycles. The smallest absolute Gasteiger partial charge is 0.133 e. The molecule has 0 aromatic heterocycles. The van der Waals surface area contributed by atoms with Gasteiger partial charge in [-0.15, -0.1) is 0 Å². The van der Waals surface area contributed by atoms with Crippen molar-refractivity contribution in [1.82, 2.24) is 0 Å². The number of Topliss-reactive ketones (excluding diaryl/α,β-unsaturated/α-hetero) is 1. The number of carbonyl (C=O) groups is 1. The Hall–Kier alpha value is -1.96. The predicted molar refractivity (Wildman–Crippen MR) is 79.2 cm³/mol. The van der Waals surface area contributed by atoms with E-state index in [1.165, 1.54) is 11.6 Å². The molecule has 1 unspecified atom stereocenters. The van der Waals surface area contributed by atoms with Crippen molar-refractivity contribution >= 4 is 5.78 Å². The molecule has 20 heavy (non-hydrogen) atoms. The molecule has 1 atom stereocenters. The Morgan fingerprint density at radius 1 is 1.10 bits per heavy atom. The van der Waals surface area contributed by atoms with Crippen LogP contribution in [0.4, 0.5) is 4.39 Å². The van der Waals surface area contributed by atoms with Crippen LogP contribution in [0.15, 0.2) is 48.5 Å². The number of hydrogen-bond acceptors (Lipinski definition) is 1. The van der Waals surface area contributed by atoms with Gasteiger partial charge in [-0.05, 0) is 43.9 Å². The lowest BCUT2D eigenvalue weighted by molar-refractivity contribution is -0.120. The summed E-state index contributed by atoms with van der Waals surface area (Å²) in [5.41, 5.74) is 2.91. The van der Waals surface area contributed by atoms with Gasteiger partial charge in [0, 0.05) is 5.92 Å². The van der Waals surface area contributed by atoms with Gasteiger partial charge in [0.05, 0.1) is 0 Å². The zero-order valence-corrected chi connectivity index (χ0v) is 11.9. The van der Waals surface area contributed by atoms with Gasteiger partial charge < -0.3 is 0 Å². The molecule has 1 nitrogen and oxygen atoms in total. The summed E-state index contributed by atoms with van der Waals surface area (Å²) in [6, 6.07) is 14.8. The Balaban J connectivity index is 2.16. The maximum absolute atomic E-state index is 13.7. The zero-order chi connectivity index (χ0) is 14.5. The van der Waals surface area contributed by atoms with Crippen molar-refractivity contribution in [3.63, 3.8) is 0 Å². The minimum absolute atomic E-state index is 0.106. The van der Waals surface area contributed by atoms with Crippen molar-refractivity contribution < 1.29 is 9.18 Å². The molecule has 0 aliphatic carbocycles. The fourth-order valence-corrected chi connectivity index (χ4v) is 2.41. The molecule has 0 amide bonds. The molecule has 2 aromatic carbocycles. The summed E-state index contributed by atoms with van der Waals surface area (Å²) in [5.74, 6) is -0.300. The van der Waals surface area contributed by atoms with Crippen LogP contribution in [-0.4, -0.2) is 5.78 Å². The molecule has 0 aliphatic rings. The highest BCUT2D eigenvalue weighted by Crippen LogP contribution is 2.18. The molecule has 0 radical (unpaired) electrons. The molecule has 0 fully saturated rings. The van der Waals surface area contributed by atoms with E-state index in [0.717, 1.165) is 5.56 Å². The third kappa shape index (κ3) is 3.77. The van der Waals surface area contributed by atoms with Gasteiger partial charge in [-0.3, -0.25) is 4.79 Å². The van der Waals surface area contributed by atoms with E-state index in [2.05, 4.69) is 6.07 Å². The Kier molecular flexibility index (Phi) is 4.67. The molecule has 0 saturated heterocycles. The van der Waals surface area contributed by atoms with Gasteiger partial charge in [0.2, 0.25) is 0 Å². The second-order valence-electron chi connectivity index (χ2n) is 5.30. The second kappa shape index (κ2) is 6.47. The average Bonchev–Trinajstić information content (AvgIpc) is 2.40. The summed E-state index contributed by atoms with van der Waals surface area (Å²) < 4.78 is 13.7. The van der Waals surface area contributed by atoms with Crippen LogP contribution in [0.5, 0.6) is 0 Å². The number of carbonyl (C=O) groups excluding carboxylic acids is 1. The zero-order valence-electron chi connectivity index (χ0n) is 11.9. The minimum atomic E-state index is -0.233. The molecule has 2 heteroatoms. The van der Waals surface area contributed by atoms with E-state index >= 15 is 0 Å². The van der Waals surface area contributed by atoms with Crippen molar-refractivity contribution in [3.05, 3.63) is 71.0 Å². The first-order valence-corrected chi connectivity index (χ1v) is 6.85. The Labute approximate surface area is 119 Å². The van der Waals surface area contributed by atoms with Crippen LogP contribution >= 0.6 is 0 Å². The first-order chi connectivity index (χ1) is 9.56. The van der Waals surface area contributed by atoms with Gasteiger partial charge in [0.15, 0.2) is 0 Å². The standard InChI is InChI=1S/C18H19FO/c1-13-6-5-7-15(10-13)11-17(14(2)20)12-16-8-3-4-9-18(16)19/h3-10,17H,11-12H2,1-2H3. The van der Waals surface area contributed by atoms with Gasteiger partial charge in [-0.2, -0.15) is 0 Å². The third-order valence-corrected chi connectivity index (χ3v) is 3.56. The monoisotopic (exact) mass is 270 g/mol. The normalized spacial score (nSPS) is 12.2. The van der Waals surface area contributed by atoms with E-state index in [9.17, 15) is 9.18 Å². The number of hydrogen-bond donors (Lipinski definition) is 0. The van der Waals surface area contributed by atoms with Crippen molar-refractivity contribution in [1.29, 1.82) is 0 Å². The number of aryl methyl sites for hydroxylation is 1. The first kappa shape index (κ1) is 14.4. The average molecular weight is 270 g/mol. The van der Waals surface area contributed by atoms with Crippen LogP contribution in [0.1, 0.15) is 23.6 Å². The van der Waals surface area contributed by atoms with Crippen LogP contribution in [0.25, 0.3) is 0 Å². The summed E-state index contributed by atoms with van der Waals surface area (Å²) in [7, 11) is 0. The summed E-state index contributed by atoms with van der Waals surface area (Å²) in [5, 5.41) is 0. The van der Waals surface area contributed by atoms with Crippen LogP contribution in [0.2, 0.25) is 0 Å². The number of ketones is 1. The number of halogens is 1. The molecule has 0 spiro atoms. The van der Waals surface area contributed by atoms with Crippen molar-refractivity contribution in [3.8, 4) is 0 Å². The van der Waals surface area contributed by atoms with E-state index in [1.807, 2.05) is 31.2 Å². The molecular formula is C18H19FO. The molecule has 104 valence electrons. The van der Waals surface area contributed by atoms with Gasteiger partial charge >= 0.3 is 0 Å². The van der Waals surface area contributed by atoms with E-state index < -0.39 is 0 Å². The maximum atomic E-state index is 13.7. The molecule has 2 rings (SSSR count). The van der Waals surface area contributed by atoms with Gasteiger partial charge in [0.25, 0.3) is 0 Å². The minimum Gasteiger partial charge on any atom is -0.300 e. The molecule has 0 N–H and O–H groups in total. The van der Waals surface area contributed by atoms with Gasteiger partial charge in [-0.25, -0.2) is 4.39 Å². The second-order valence-corrected chi connectivity index (χ2v) is 5.30. The van der Waals surface area contributed by atoms with Crippen LogP contribution in [-0.2, 0) is 17.6 Å². The van der Waals surface area contributed by atoms with Crippen molar-refractivity contribution in [2.75, 3.05) is 0 Å². The number of benzene rings is 2. The third-order valence-electron chi connectivity index (χ3n) is 3.56. The van der Waals surface area contributed by atoms with Crippen LogP contribution < -0.4 is 0 Å². The Morgan fingerprint density at radius 3 is 2.50 bits per heavy atom. The van der Waals surface area contributed by atoms with E-state index in [1.54, 1.807) is 19.1 Å². The maximum Gasteiger partial charge on any atom is 0.133 e. The molecule has 0 bridgehead atoms. The van der Waals surface area contributed by atoms with E-state index in [0.29, 0.717) is 18.4 Å². The lowest BCUT2D eigenvalue weighted by atomic mass is 9.89. The lowest BCUT2D eigenvalue weighted by Crippen LogP contribution is -2.17. The summed E-state index contributed by atoms with van der Waals surface area (Å²) in [4.78, 5) is 11.8. The summed E-state index contributed by atoms with van der Waals surface area (Å²) in [6.07, 6.45) is 1.11. The Bertz CT molecular complexity index is 604. The molecule has 0 heterocycles. The number of rotatable bonds is 5. The van der Waals surface area contributed by atoms with Gasteiger partial charge in [0.1, 0.15) is 11.6 Å². The predicted octanol–water partition coefficient (Wildman–Crippen LogP) is 4.12. The molecular weight excluding hydrogens is 251 g/mol. The SMILES string of the molecule is CC(=O)C(Cc1cccc(C)c1)Cc1ccccc1F. The fourth-order valence-electron chi connectivity index (χ4n) is 2.41. The molecule has 2 aromatic rings. The quantitative estimate of drug-likeness (QED) is 0.798. The van der Waals surface area contributed by atoms with Gasteiger partial charge in [-0.1, -0.05) is 48.0 Å². The summed E-state index contributed by atoms with van der Waals surface area (Å²) >= 11 is 0. The van der Waals surface area contributed by atoms with Crippen LogP contribution in [0.3, 0.4) is 0 Å². The van der Waals surface area contributed by atoms with E-state index in [4.69, 9.17) is 0 Å². The highest BCUT2D eigenvalue weighted by Gasteiger charge is 2.17. The van der Waals surface area contributed by atoms with Crippen molar-refractivity contribution in [2.45, 2.75) is 26.7 Å². The largest absolute Gasteiger partial charge is 0.300 e. The highest BCUT2D eigenvalue weighted by atomic mass is 19.1. The first-order valence-electron chi connectivity index (χ1n) is 6.85. The van der Waals surface area contributed by atoms with E-state index in [-0.39, 0.29) is 17.5 Å². The molecule has 0 saturated carbocycles. The van der Waals surface area contributed by atoms with Crippen molar-refractivity contribution in [2.24, 2.45) is 5.92 Å². The van der Waals surface area contributed by atoms with Crippen LogP contribution in [0, 0.1) is 18.7 Å². The summed E-state index contributed by atoms with van der Waals surface area (Å²) in [6.45, 7) is 3.62. The topological polar surface area (TPSA) is 17.1 Å². The lowest BCUT2D eigenvalue weighted by Gasteiger charge is -2.15.